The van der Waals surface area contributed by atoms with Gasteiger partial charge in [-0.05, 0) is 80.5 Å². The number of carboxylic acid groups (broad SMARTS) is 1. The Labute approximate surface area is 510 Å². The van der Waals surface area contributed by atoms with E-state index >= 15 is 0 Å². The van der Waals surface area contributed by atoms with E-state index in [1.165, 1.54) is 31.2 Å². The lowest BCUT2D eigenvalue weighted by atomic mass is 9.96. The Morgan fingerprint density at radius 1 is 0.552 bits per heavy atom. The summed E-state index contributed by atoms with van der Waals surface area (Å²) in [5.41, 5.74) is 23.8. The number of imidazole rings is 1. The second-order valence-electron chi connectivity index (χ2n) is 21.5. The number of carbonyl (C=O) groups excluding carboxylic acids is 11. The lowest BCUT2D eigenvalue weighted by molar-refractivity contribution is -0.142. The number of unbranched alkanes of at least 4 members (excludes halogenated alkanes) is 1. The van der Waals surface area contributed by atoms with E-state index in [2.05, 4.69) is 57.8 Å². The molecule has 0 unspecified atom stereocenters. The van der Waals surface area contributed by atoms with E-state index in [1.807, 2.05) is 0 Å². The molecular weight excluding hydrogens is 1150 g/mol. The number of H-pyrrole nitrogens is 1. The van der Waals surface area contributed by atoms with Gasteiger partial charge >= 0.3 is 5.97 Å². The van der Waals surface area contributed by atoms with Crippen molar-refractivity contribution >= 4 is 82.7 Å². The molecule has 11 atom stereocenters. The Kier molecular flexibility index (Phi) is 31.7. The minimum Gasteiger partial charge on any atom is -0.480 e. The van der Waals surface area contributed by atoms with E-state index in [4.69, 9.17) is 22.9 Å². The summed E-state index contributed by atoms with van der Waals surface area (Å²) in [7, 11) is 0. The van der Waals surface area contributed by atoms with Crippen LogP contribution in [0, 0.1) is 11.8 Å². The summed E-state index contributed by atoms with van der Waals surface area (Å²) >= 11 is 1.41. The fourth-order valence-corrected chi connectivity index (χ4v) is 9.28. The first-order valence-corrected chi connectivity index (χ1v) is 30.2. The molecule has 0 saturated heterocycles. The molecule has 478 valence electrons. The van der Waals surface area contributed by atoms with Crippen LogP contribution in [0.4, 0.5) is 0 Å². The van der Waals surface area contributed by atoms with Crippen molar-refractivity contribution in [2.45, 2.75) is 166 Å². The van der Waals surface area contributed by atoms with Crippen molar-refractivity contribution in [2.75, 3.05) is 18.6 Å². The predicted molar refractivity (Wildman–Crippen MR) is 324 cm³/mol. The molecule has 0 saturated carbocycles. The zero-order valence-corrected chi connectivity index (χ0v) is 50.9. The fraction of sp³-hybridized carbons (Fsp3) is 0.534. The number of carbonyl (C=O) groups is 12. The van der Waals surface area contributed by atoms with Crippen molar-refractivity contribution < 1.29 is 62.6 Å². The van der Waals surface area contributed by atoms with Crippen molar-refractivity contribution in [1.29, 1.82) is 0 Å². The van der Waals surface area contributed by atoms with Gasteiger partial charge in [0.1, 0.15) is 54.4 Å². The summed E-state index contributed by atoms with van der Waals surface area (Å²) in [4.78, 5) is 169. The number of rotatable bonds is 40. The first-order chi connectivity index (χ1) is 41.3. The van der Waals surface area contributed by atoms with Crippen LogP contribution in [-0.2, 0) is 76.8 Å². The molecule has 1 heterocycles. The molecule has 0 bridgehead atoms. The molecule has 3 aromatic rings. The number of hydrogen-bond donors (Lipinski definition) is 15. The summed E-state index contributed by atoms with van der Waals surface area (Å²) < 4.78 is 0. The Morgan fingerprint density at radius 3 is 1.53 bits per heavy atom. The predicted octanol–water partition coefficient (Wildman–Crippen LogP) is -2.04. The number of aromatic nitrogens is 2. The Morgan fingerprint density at radius 2 is 1.03 bits per heavy atom. The average Bonchev–Trinajstić information content (AvgIpc) is 3.98. The van der Waals surface area contributed by atoms with E-state index in [0.717, 1.165) is 0 Å². The molecule has 0 spiro atoms. The highest BCUT2D eigenvalue weighted by atomic mass is 32.2. The quantitative estimate of drug-likeness (QED) is 0.0273. The van der Waals surface area contributed by atoms with Crippen LogP contribution in [0.25, 0.3) is 0 Å². The normalized spacial score (nSPS) is 14.9. The highest BCUT2D eigenvalue weighted by molar-refractivity contribution is 7.98. The van der Waals surface area contributed by atoms with E-state index in [-0.39, 0.29) is 44.9 Å². The fourth-order valence-electron chi connectivity index (χ4n) is 8.80. The van der Waals surface area contributed by atoms with Gasteiger partial charge in [0.15, 0.2) is 0 Å². The van der Waals surface area contributed by atoms with Crippen LogP contribution in [0.15, 0.2) is 73.2 Å². The van der Waals surface area contributed by atoms with Crippen molar-refractivity contribution in [3.05, 3.63) is 90.0 Å². The summed E-state index contributed by atoms with van der Waals surface area (Å²) in [6.07, 6.45) is 4.36. The standard InChI is InChI=1S/C58H87N15O13S/c1-7-33(4)48(73-55(82)42(27-36-18-12-9-13-19-36)70-56(83)47(32(2)3)72-49(76)34(5)65-51(78)39(23-25-87-6)66-50(77)38(60)21-22-45(61)74)57(84)71-43(28-37-30-63-31-64-37)53(80)69-44(29-46(62)75)54(81)68-41(26-35-16-10-8-11-17-35)52(79)67-40(58(85)86)20-14-15-24-59/h8-13,16-19,30-34,38-44,47-48H,7,14-15,20-29,59-60H2,1-6H3,(H2,61,74)(H2,62,75)(H,63,64)(H,65,78)(H,66,77)(H,67,79)(H,68,81)(H,69,80)(H,70,83)(H,71,84)(H,72,76)(H,73,82)(H,85,86)/t33-,34-,38-,39-,40-,41-,42-,43-,44-,47-,48-/m0/s1. The number of hydrogen-bond acceptors (Lipinski definition) is 16. The maximum atomic E-state index is 14.6. The van der Waals surface area contributed by atoms with Gasteiger partial charge in [-0.15, -0.1) is 0 Å². The van der Waals surface area contributed by atoms with Crippen molar-refractivity contribution in [3.8, 4) is 0 Å². The first-order valence-electron chi connectivity index (χ1n) is 28.8. The molecule has 0 aliphatic heterocycles. The third kappa shape index (κ3) is 26.0. The summed E-state index contributed by atoms with van der Waals surface area (Å²) in [6.45, 7) is 8.37. The topological polar surface area (TPSA) is 466 Å². The van der Waals surface area contributed by atoms with Crippen LogP contribution in [-0.4, -0.2) is 165 Å². The van der Waals surface area contributed by atoms with Gasteiger partial charge < -0.3 is 80.9 Å². The second kappa shape index (κ2) is 37.9. The zero-order valence-electron chi connectivity index (χ0n) is 50.1. The number of aliphatic carboxylic acids is 1. The van der Waals surface area contributed by atoms with Crippen molar-refractivity contribution in [3.63, 3.8) is 0 Å². The number of thioether (sulfide) groups is 1. The van der Waals surface area contributed by atoms with Crippen LogP contribution < -0.4 is 70.8 Å². The number of amides is 11. The maximum Gasteiger partial charge on any atom is 0.326 e. The summed E-state index contributed by atoms with van der Waals surface area (Å²) in [6, 6.07) is 3.44. The highest BCUT2D eigenvalue weighted by Crippen LogP contribution is 2.14. The van der Waals surface area contributed by atoms with Crippen LogP contribution in [0.3, 0.4) is 0 Å². The third-order valence-electron chi connectivity index (χ3n) is 14.1. The molecule has 0 radical (unpaired) electrons. The molecule has 87 heavy (non-hydrogen) atoms. The number of benzene rings is 2. The van der Waals surface area contributed by atoms with Crippen molar-refractivity contribution in [1.82, 2.24) is 57.8 Å². The van der Waals surface area contributed by atoms with Crippen LogP contribution in [0.1, 0.15) is 103 Å². The number of primary amides is 2. The summed E-state index contributed by atoms with van der Waals surface area (Å²) in [5, 5.41) is 33.4. The molecule has 3 rings (SSSR count). The molecule has 29 heteroatoms. The van der Waals surface area contributed by atoms with Gasteiger partial charge in [0.05, 0.1) is 18.8 Å². The smallest absolute Gasteiger partial charge is 0.326 e. The second-order valence-corrected chi connectivity index (χ2v) is 22.5. The Balaban J connectivity index is 1.91. The minimum atomic E-state index is -1.75. The molecule has 0 aliphatic carbocycles. The number of nitrogens with zero attached hydrogens (tertiary/aromatic N) is 1. The SMILES string of the molecule is CC[C@H](C)[C@H](NC(=O)[C@H](Cc1ccccc1)NC(=O)[C@@H](NC(=O)[C@H](C)NC(=O)[C@H](CCSC)NC(=O)[C@@H](N)CCC(N)=O)C(C)C)C(=O)N[C@@H](Cc1cnc[nH]1)C(=O)N[C@@H](CC(N)=O)C(=O)N[C@@H](Cc1ccccc1)C(=O)N[C@@H](CCCCN)C(=O)O. The van der Waals surface area contributed by atoms with E-state index in [1.54, 1.807) is 94.6 Å². The third-order valence-corrected chi connectivity index (χ3v) is 14.8. The molecule has 2 aromatic carbocycles. The zero-order chi connectivity index (χ0) is 64.8. The number of nitrogens with two attached hydrogens (primary N) is 4. The maximum absolute atomic E-state index is 14.6. The van der Waals surface area contributed by atoms with Gasteiger partial charge in [-0.1, -0.05) is 94.8 Å². The van der Waals surface area contributed by atoms with Gasteiger partial charge in [0.25, 0.3) is 0 Å². The number of carboxylic acids is 1. The van der Waals surface area contributed by atoms with Gasteiger partial charge in [0, 0.05) is 37.6 Å². The largest absolute Gasteiger partial charge is 0.480 e. The lowest BCUT2D eigenvalue weighted by Crippen LogP contribution is -2.62. The molecule has 1 aromatic heterocycles. The Hall–Kier alpha value is -8.44. The number of aromatic amines is 1. The van der Waals surface area contributed by atoms with Crippen molar-refractivity contribution in [2.24, 2.45) is 34.8 Å². The van der Waals surface area contributed by atoms with Crippen LogP contribution in [0.5, 0.6) is 0 Å². The Bertz CT molecular complexity index is 2760. The van der Waals surface area contributed by atoms with Gasteiger partial charge in [-0.2, -0.15) is 11.8 Å². The molecule has 19 N–H and O–H groups in total. The number of nitrogens with one attached hydrogen (secondary N) is 10. The van der Waals surface area contributed by atoms with E-state index < -0.39 is 150 Å². The van der Waals surface area contributed by atoms with E-state index in [9.17, 15) is 62.6 Å². The average molecular weight is 1230 g/mol. The summed E-state index contributed by atoms with van der Waals surface area (Å²) in [5.74, 6) is -11.4. The van der Waals surface area contributed by atoms with Crippen LogP contribution in [0.2, 0.25) is 0 Å². The van der Waals surface area contributed by atoms with E-state index in [0.29, 0.717) is 48.4 Å². The first kappa shape index (κ1) is 72.8. The molecular formula is C58H87N15O13S. The minimum absolute atomic E-state index is 0.0399. The van der Waals surface area contributed by atoms with Gasteiger partial charge in [0.2, 0.25) is 65.0 Å². The van der Waals surface area contributed by atoms with Crippen LogP contribution >= 0.6 is 11.8 Å². The van der Waals surface area contributed by atoms with Gasteiger partial charge in [-0.25, -0.2) is 9.78 Å². The molecule has 28 nitrogen and oxygen atoms in total. The monoisotopic (exact) mass is 1230 g/mol. The molecule has 0 aliphatic rings. The molecule has 0 fully saturated rings. The highest BCUT2D eigenvalue weighted by Gasteiger charge is 2.37. The van der Waals surface area contributed by atoms with Gasteiger partial charge in [-0.3, -0.25) is 52.7 Å². The lowest BCUT2D eigenvalue weighted by Gasteiger charge is -2.30. The molecule has 11 amide bonds.